The highest BCUT2D eigenvalue weighted by Crippen LogP contribution is 2.18. The Balaban J connectivity index is 0.000000441. The first kappa shape index (κ1) is 33.6. The van der Waals surface area contributed by atoms with Crippen molar-refractivity contribution in [3.8, 4) is 0 Å². The number of carbonyl (C=O) groups is 1. The molecule has 1 aromatic heterocycles. The number of nitrogens with two attached hydrogens (primary N) is 4. The molecule has 3 heterocycles. The molecule has 0 spiro atoms. The summed E-state index contributed by atoms with van der Waals surface area (Å²) in [7, 11) is 0. The third-order valence-corrected chi connectivity index (χ3v) is 5.44. The molecular formula is C24H48N4O7. The fraction of sp³-hybridized carbons (Fsp3) is 0.792. The summed E-state index contributed by atoms with van der Waals surface area (Å²) < 4.78 is 15.3. The van der Waals surface area contributed by atoms with Gasteiger partial charge in [0.05, 0.1) is 37.6 Å². The quantitative estimate of drug-likeness (QED) is 0.157. The molecule has 11 nitrogen and oxygen atoms in total. The number of hydrogen-bond donors (Lipinski definition) is 7. The minimum Gasteiger partial charge on any atom is -0.456 e. The van der Waals surface area contributed by atoms with Crippen LogP contribution in [-0.4, -0.2) is 85.4 Å². The summed E-state index contributed by atoms with van der Waals surface area (Å²) in [4.78, 5) is 9.96. The Labute approximate surface area is 209 Å². The Hall–Kier alpha value is -1.41. The van der Waals surface area contributed by atoms with Crippen LogP contribution in [0.25, 0.3) is 0 Å². The van der Waals surface area contributed by atoms with Crippen LogP contribution in [0.2, 0.25) is 0 Å². The number of carbonyl (C=O) groups excluding carboxylic acids is 1. The molecule has 0 radical (unpaired) electrons. The second kappa shape index (κ2) is 23.0. The molecule has 4 unspecified atom stereocenters. The number of hydrogen-bond acceptors (Lipinski definition) is 11. The van der Waals surface area contributed by atoms with Gasteiger partial charge < -0.3 is 52.1 Å². The summed E-state index contributed by atoms with van der Waals surface area (Å²) in [6.07, 6.45) is 9.81. The number of ether oxygens (including phenoxy) is 2. The maximum atomic E-state index is 9.96. The third-order valence-electron chi connectivity index (χ3n) is 5.44. The third kappa shape index (κ3) is 16.8. The van der Waals surface area contributed by atoms with Gasteiger partial charge in [-0.05, 0) is 63.7 Å². The van der Waals surface area contributed by atoms with Crippen molar-refractivity contribution in [2.45, 2.75) is 82.4 Å². The average Bonchev–Trinajstić information content (AvgIpc) is 3.68. The van der Waals surface area contributed by atoms with Gasteiger partial charge in [0.2, 0.25) is 0 Å². The maximum Gasteiger partial charge on any atom is 0.185 e. The molecule has 2 aliphatic rings. The first-order valence-electron chi connectivity index (χ1n) is 12.5. The predicted molar refractivity (Wildman–Crippen MR) is 135 cm³/mol. The zero-order valence-electron chi connectivity index (χ0n) is 20.9. The lowest BCUT2D eigenvalue weighted by molar-refractivity contribution is -0.0119. The van der Waals surface area contributed by atoms with Gasteiger partial charge in [0.25, 0.3) is 0 Å². The van der Waals surface area contributed by atoms with Crippen LogP contribution in [0, 0.1) is 0 Å². The van der Waals surface area contributed by atoms with Crippen LogP contribution in [0.5, 0.6) is 0 Å². The van der Waals surface area contributed by atoms with Crippen molar-refractivity contribution >= 4 is 6.29 Å². The molecule has 35 heavy (non-hydrogen) atoms. The topological polar surface area (TPSA) is 213 Å². The van der Waals surface area contributed by atoms with Gasteiger partial charge in [0.15, 0.2) is 12.0 Å². The summed E-state index contributed by atoms with van der Waals surface area (Å²) in [5.41, 5.74) is 21.3. The highest BCUT2D eigenvalue weighted by molar-refractivity contribution is 5.70. The molecule has 11 heteroatoms. The van der Waals surface area contributed by atoms with E-state index in [1.165, 1.54) is 18.9 Å². The minimum absolute atomic E-state index is 0.0258. The molecular weight excluding hydrogens is 456 g/mol. The summed E-state index contributed by atoms with van der Waals surface area (Å²) in [5.74, 6) is 0.663. The van der Waals surface area contributed by atoms with Gasteiger partial charge in [-0.25, -0.2) is 0 Å². The number of aliphatic hydroxyl groups excluding tert-OH is 3. The fourth-order valence-corrected chi connectivity index (χ4v) is 3.36. The molecule has 206 valence electrons. The molecule has 0 amide bonds. The van der Waals surface area contributed by atoms with Crippen molar-refractivity contribution in [3.63, 3.8) is 0 Å². The van der Waals surface area contributed by atoms with E-state index in [-0.39, 0.29) is 50.0 Å². The SMILES string of the molecule is NCC1CCC(CN)O1.NCCCCCCN.O=Cc1ccc(CO)o1.OCC1CCC(CO)O1. The fourth-order valence-electron chi connectivity index (χ4n) is 3.36. The Morgan fingerprint density at radius 2 is 1.20 bits per heavy atom. The zero-order chi connectivity index (χ0) is 26.3. The van der Waals surface area contributed by atoms with Crippen molar-refractivity contribution in [2.24, 2.45) is 22.9 Å². The van der Waals surface area contributed by atoms with E-state index in [0.29, 0.717) is 25.1 Å². The Kier molecular flexibility index (Phi) is 22.1. The van der Waals surface area contributed by atoms with Crippen molar-refractivity contribution < 1.29 is 34.0 Å². The van der Waals surface area contributed by atoms with Crippen molar-refractivity contribution in [2.75, 3.05) is 39.4 Å². The summed E-state index contributed by atoms with van der Waals surface area (Å²) >= 11 is 0. The zero-order valence-corrected chi connectivity index (χ0v) is 20.9. The van der Waals surface area contributed by atoms with Gasteiger partial charge in [0.1, 0.15) is 12.4 Å². The normalized spacial score (nSPS) is 22.8. The number of unbranched alkanes of at least 4 members (excludes halogenated alkanes) is 3. The first-order chi connectivity index (χ1) is 17.0. The number of rotatable bonds is 11. The Morgan fingerprint density at radius 3 is 1.46 bits per heavy atom. The smallest absolute Gasteiger partial charge is 0.185 e. The van der Waals surface area contributed by atoms with Crippen LogP contribution in [-0.2, 0) is 16.1 Å². The first-order valence-corrected chi connectivity index (χ1v) is 12.5. The molecule has 11 N–H and O–H groups in total. The largest absolute Gasteiger partial charge is 0.456 e. The van der Waals surface area contributed by atoms with Gasteiger partial charge in [0, 0.05) is 13.1 Å². The average molecular weight is 505 g/mol. The van der Waals surface area contributed by atoms with E-state index in [1.807, 2.05) is 0 Å². The Bertz CT molecular complexity index is 558. The molecule has 2 aliphatic heterocycles. The summed E-state index contributed by atoms with van der Waals surface area (Å²) in [5, 5.41) is 25.6. The van der Waals surface area contributed by atoms with E-state index >= 15 is 0 Å². The van der Waals surface area contributed by atoms with Gasteiger partial charge >= 0.3 is 0 Å². The maximum absolute atomic E-state index is 9.96. The van der Waals surface area contributed by atoms with Gasteiger partial charge in [-0.15, -0.1) is 0 Å². The monoisotopic (exact) mass is 504 g/mol. The van der Waals surface area contributed by atoms with Crippen molar-refractivity contribution in [3.05, 3.63) is 23.7 Å². The van der Waals surface area contributed by atoms with Crippen molar-refractivity contribution in [1.82, 2.24) is 0 Å². The van der Waals surface area contributed by atoms with Gasteiger partial charge in [-0.1, -0.05) is 12.8 Å². The minimum atomic E-state index is -0.159. The van der Waals surface area contributed by atoms with Crippen LogP contribution in [0.1, 0.15) is 67.7 Å². The highest BCUT2D eigenvalue weighted by Gasteiger charge is 2.23. The lowest BCUT2D eigenvalue weighted by Crippen LogP contribution is -2.24. The lowest BCUT2D eigenvalue weighted by Gasteiger charge is -2.08. The standard InChI is InChI=1S/C6H14N2O.C6H16N2.C6H12O3.C6H6O3/c7-3-5-1-2-6(4-8)9-5;7-5-3-1-2-4-6-8;2*7-3-5-1-2-6(4-8)9-5/h5-6H,1-4,7-8H2;1-8H2;5-8H,1-4H2;1-3,8H,4H2. The molecule has 0 aliphatic carbocycles. The van der Waals surface area contributed by atoms with E-state index in [2.05, 4.69) is 0 Å². The van der Waals surface area contributed by atoms with Crippen LogP contribution < -0.4 is 22.9 Å². The van der Waals surface area contributed by atoms with Gasteiger partial charge in [-0.2, -0.15) is 0 Å². The molecule has 2 saturated heterocycles. The predicted octanol–water partition coefficient (Wildman–Crippen LogP) is 0.0186. The van der Waals surface area contributed by atoms with Crippen LogP contribution >= 0.6 is 0 Å². The number of aliphatic hydroxyl groups is 3. The number of aldehydes is 1. The van der Waals surface area contributed by atoms with Crippen molar-refractivity contribution in [1.29, 1.82) is 0 Å². The van der Waals surface area contributed by atoms with E-state index in [4.69, 9.17) is 52.1 Å². The van der Waals surface area contributed by atoms with Crippen LogP contribution in [0.3, 0.4) is 0 Å². The molecule has 3 rings (SSSR count). The van der Waals surface area contributed by atoms with Crippen LogP contribution in [0.15, 0.2) is 16.5 Å². The molecule has 0 bridgehead atoms. The molecule has 1 aromatic rings. The van der Waals surface area contributed by atoms with Gasteiger partial charge in [-0.3, -0.25) is 4.79 Å². The van der Waals surface area contributed by atoms with E-state index < -0.39 is 0 Å². The molecule has 0 aromatic carbocycles. The van der Waals surface area contributed by atoms with E-state index in [9.17, 15) is 4.79 Å². The molecule has 2 fully saturated rings. The number of furan rings is 1. The van der Waals surface area contributed by atoms with E-state index in [1.54, 1.807) is 6.07 Å². The Morgan fingerprint density at radius 1 is 0.743 bits per heavy atom. The molecule has 0 saturated carbocycles. The second-order valence-electron chi connectivity index (χ2n) is 8.32. The summed E-state index contributed by atoms with van der Waals surface area (Å²) in [6, 6.07) is 3.07. The molecule has 4 atom stereocenters. The second-order valence-corrected chi connectivity index (χ2v) is 8.32. The lowest BCUT2D eigenvalue weighted by atomic mass is 10.2. The highest BCUT2D eigenvalue weighted by atomic mass is 16.5. The van der Waals surface area contributed by atoms with Crippen LogP contribution in [0.4, 0.5) is 0 Å². The van der Waals surface area contributed by atoms with E-state index in [0.717, 1.165) is 51.6 Å². The summed E-state index contributed by atoms with van der Waals surface area (Å²) in [6.45, 7) is 2.92.